The van der Waals surface area contributed by atoms with Crippen molar-refractivity contribution in [3.63, 3.8) is 0 Å². The molecule has 0 radical (unpaired) electrons. The van der Waals surface area contributed by atoms with Crippen LogP contribution in [0.4, 0.5) is 9.18 Å². The van der Waals surface area contributed by atoms with Crippen molar-refractivity contribution in [3.05, 3.63) is 0 Å². The van der Waals surface area contributed by atoms with Gasteiger partial charge in [0.05, 0.1) is 0 Å². The fraction of sp³-hybridized carbons (Fsp3) is 0.750. The second kappa shape index (κ2) is 6.47. The van der Waals surface area contributed by atoms with Gasteiger partial charge in [0.25, 0.3) is 18.0 Å². The summed E-state index contributed by atoms with van der Waals surface area (Å²) in [6.45, 7) is 4.16. The van der Waals surface area contributed by atoms with Gasteiger partial charge in [-0.2, -0.15) is 0 Å². The lowest BCUT2D eigenvalue weighted by Gasteiger charge is -2.34. The Hall–Kier alpha value is -1.46. The van der Waals surface area contributed by atoms with E-state index in [0.29, 0.717) is 12.8 Å². The summed E-state index contributed by atoms with van der Waals surface area (Å²) in [6.07, 6.45) is 0.574. The summed E-state index contributed by atoms with van der Waals surface area (Å²) in [6, 6.07) is -0.680. The van der Waals surface area contributed by atoms with Crippen molar-refractivity contribution < 1.29 is 18.8 Å². The molecule has 0 spiro atoms. The number of hydrogen-bond acceptors (Lipinski definition) is 3. The van der Waals surface area contributed by atoms with Gasteiger partial charge in [-0.3, -0.25) is 19.4 Å². The van der Waals surface area contributed by atoms with Gasteiger partial charge in [-0.15, -0.1) is 0 Å². The van der Waals surface area contributed by atoms with E-state index in [1.807, 2.05) is 13.8 Å². The Kier molecular flexibility index (Phi) is 5.25. The first-order chi connectivity index (χ1) is 8.54. The molecule has 0 saturated carbocycles. The molecule has 1 saturated heterocycles. The van der Waals surface area contributed by atoms with Crippen molar-refractivity contribution in [2.24, 2.45) is 0 Å². The molecule has 1 aliphatic rings. The van der Waals surface area contributed by atoms with Crippen LogP contribution in [0.1, 0.15) is 39.5 Å². The highest BCUT2D eigenvalue weighted by molar-refractivity contribution is 6.17. The Morgan fingerprint density at radius 3 is 1.67 bits per heavy atom. The summed E-state index contributed by atoms with van der Waals surface area (Å²) >= 11 is 0. The van der Waals surface area contributed by atoms with Crippen LogP contribution >= 0.6 is 0 Å². The molecule has 0 aliphatic carbocycles. The summed E-state index contributed by atoms with van der Waals surface area (Å²) in [5, 5.41) is 0. The zero-order valence-electron chi connectivity index (χ0n) is 10.8. The Morgan fingerprint density at radius 1 is 0.944 bits per heavy atom. The van der Waals surface area contributed by atoms with Crippen LogP contribution in [-0.4, -0.2) is 46.9 Å². The molecule has 6 heteroatoms. The predicted octanol–water partition coefficient (Wildman–Crippen LogP) is 1.72. The Morgan fingerprint density at radius 2 is 1.33 bits per heavy atom. The number of nitrogens with zero attached hydrogens (tertiary/aromatic N) is 2. The van der Waals surface area contributed by atoms with Crippen LogP contribution in [0.15, 0.2) is 0 Å². The first-order valence-corrected chi connectivity index (χ1v) is 6.35. The lowest BCUT2D eigenvalue weighted by Crippen LogP contribution is -2.61. The van der Waals surface area contributed by atoms with Crippen LogP contribution in [0.3, 0.4) is 0 Å². The molecule has 0 bridgehead atoms. The maximum Gasteiger partial charge on any atom is 0.333 e. The van der Waals surface area contributed by atoms with Crippen LogP contribution in [0, 0.1) is 0 Å². The molecular formula is C12H19FN2O3. The lowest BCUT2D eigenvalue weighted by molar-refractivity contribution is -0.150. The second-order valence-corrected chi connectivity index (χ2v) is 4.33. The third-order valence-corrected chi connectivity index (χ3v) is 2.90. The van der Waals surface area contributed by atoms with E-state index in [9.17, 15) is 18.8 Å². The summed E-state index contributed by atoms with van der Waals surface area (Å²) in [4.78, 5) is 36.8. The monoisotopic (exact) mass is 258 g/mol. The number of amides is 4. The van der Waals surface area contributed by atoms with E-state index in [0.717, 1.165) is 22.6 Å². The predicted molar refractivity (Wildman–Crippen MR) is 63.5 cm³/mol. The van der Waals surface area contributed by atoms with Crippen molar-refractivity contribution in [1.82, 2.24) is 9.80 Å². The van der Waals surface area contributed by atoms with Gasteiger partial charge in [-0.25, -0.2) is 9.18 Å². The van der Waals surface area contributed by atoms with Crippen LogP contribution in [-0.2, 0) is 9.59 Å². The number of barbiturate groups is 1. The van der Waals surface area contributed by atoms with Gasteiger partial charge in [-0.1, -0.05) is 26.7 Å². The minimum Gasteiger partial charge on any atom is -0.270 e. The molecule has 0 aromatic carbocycles. The quantitative estimate of drug-likeness (QED) is 0.681. The highest BCUT2D eigenvalue weighted by atomic mass is 19.1. The molecule has 0 N–H and O–H groups in total. The highest BCUT2D eigenvalue weighted by Gasteiger charge is 2.45. The molecular weight excluding hydrogens is 239 g/mol. The summed E-state index contributed by atoms with van der Waals surface area (Å²) in [5.41, 5.74) is 0. The normalized spacial score (nSPS) is 17.8. The molecule has 1 heterocycles. The highest BCUT2D eigenvalue weighted by Crippen LogP contribution is 2.16. The first kappa shape index (κ1) is 14.6. The lowest BCUT2D eigenvalue weighted by atomic mass is 10.2. The molecule has 1 fully saturated rings. The zero-order valence-corrected chi connectivity index (χ0v) is 10.8. The van der Waals surface area contributed by atoms with Crippen molar-refractivity contribution in [3.8, 4) is 0 Å². The fourth-order valence-electron chi connectivity index (χ4n) is 1.76. The van der Waals surface area contributed by atoms with E-state index in [4.69, 9.17) is 0 Å². The Balaban J connectivity index is 2.82. The van der Waals surface area contributed by atoms with Crippen LogP contribution < -0.4 is 0 Å². The van der Waals surface area contributed by atoms with E-state index in [-0.39, 0.29) is 13.1 Å². The average Bonchev–Trinajstić information content (AvgIpc) is 2.36. The van der Waals surface area contributed by atoms with Gasteiger partial charge >= 0.3 is 6.03 Å². The van der Waals surface area contributed by atoms with Crippen molar-refractivity contribution in [2.75, 3.05) is 13.1 Å². The van der Waals surface area contributed by atoms with E-state index < -0.39 is 24.0 Å². The van der Waals surface area contributed by atoms with E-state index in [1.165, 1.54) is 0 Å². The topological polar surface area (TPSA) is 57.7 Å². The standard InChI is InChI=1S/C12H19FN2O3/c1-3-5-7-14-10(16)9(13)11(17)15(12(14)18)8-6-4-2/h9H,3-8H2,1-2H3. The van der Waals surface area contributed by atoms with Gasteiger partial charge in [0.1, 0.15) is 0 Å². The number of urea groups is 1. The third kappa shape index (κ3) is 2.86. The van der Waals surface area contributed by atoms with Crippen LogP contribution in [0.25, 0.3) is 0 Å². The van der Waals surface area contributed by atoms with Crippen molar-refractivity contribution >= 4 is 17.8 Å². The first-order valence-electron chi connectivity index (χ1n) is 6.35. The minimum atomic E-state index is -2.23. The van der Waals surface area contributed by atoms with Gasteiger partial charge in [0.15, 0.2) is 0 Å². The maximum absolute atomic E-state index is 13.6. The number of carbonyl (C=O) groups excluding carboxylic acids is 3. The Labute approximate surface area is 106 Å². The molecule has 4 amide bonds. The molecule has 1 aliphatic heterocycles. The molecule has 0 unspecified atom stereocenters. The van der Waals surface area contributed by atoms with E-state index >= 15 is 0 Å². The van der Waals surface area contributed by atoms with Crippen molar-refractivity contribution in [1.29, 1.82) is 0 Å². The molecule has 0 atom stereocenters. The number of unbranched alkanes of at least 4 members (excludes halogenated alkanes) is 2. The van der Waals surface area contributed by atoms with E-state index in [2.05, 4.69) is 0 Å². The number of alkyl halides is 1. The number of carbonyl (C=O) groups is 3. The maximum atomic E-state index is 13.6. The van der Waals surface area contributed by atoms with Gasteiger partial charge < -0.3 is 0 Å². The SMILES string of the molecule is CCCCN1C(=O)C(F)C(=O)N(CCCC)C1=O. The molecule has 1 rings (SSSR count). The number of hydrogen-bond donors (Lipinski definition) is 0. The molecule has 5 nitrogen and oxygen atoms in total. The average molecular weight is 258 g/mol. The number of imide groups is 2. The number of rotatable bonds is 6. The molecule has 0 aromatic heterocycles. The molecule has 18 heavy (non-hydrogen) atoms. The Bertz CT molecular complexity index is 316. The fourth-order valence-corrected chi connectivity index (χ4v) is 1.76. The summed E-state index contributed by atoms with van der Waals surface area (Å²) in [7, 11) is 0. The largest absolute Gasteiger partial charge is 0.333 e. The van der Waals surface area contributed by atoms with Crippen molar-refractivity contribution in [2.45, 2.75) is 45.7 Å². The van der Waals surface area contributed by atoms with Gasteiger partial charge in [0, 0.05) is 13.1 Å². The zero-order chi connectivity index (χ0) is 13.7. The number of halogens is 1. The van der Waals surface area contributed by atoms with Gasteiger partial charge in [0.2, 0.25) is 0 Å². The smallest absolute Gasteiger partial charge is 0.270 e. The van der Waals surface area contributed by atoms with E-state index in [1.54, 1.807) is 0 Å². The third-order valence-electron chi connectivity index (χ3n) is 2.90. The van der Waals surface area contributed by atoms with Gasteiger partial charge in [-0.05, 0) is 12.8 Å². The van der Waals surface area contributed by atoms with Crippen LogP contribution in [0.5, 0.6) is 0 Å². The molecule has 0 aromatic rings. The van der Waals surface area contributed by atoms with Crippen LogP contribution in [0.2, 0.25) is 0 Å². The minimum absolute atomic E-state index is 0.171. The second-order valence-electron chi connectivity index (χ2n) is 4.33. The summed E-state index contributed by atoms with van der Waals surface area (Å²) < 4.78 is 13.6. The molecule has 102 valence electrons. The summed E-state index contributed by atoms with van der Waals surface area (Å²) in [5.74, 6) is -2.04.